The van der Waals surface area contributed by atoms with Crippen LogP contribution in [0.5, 0.6) is 0 Å². The first-order valence-corrected chi connectivity index (χ1v) is 10.8. The fourth-order valence-electron chi connectivity index (χ4n) is 0.161. The van der Waals surface area contributed by atoms with Crippen molar-refractivity contribution in [3.05, 3.63) is 0 Å². The van der Waals surface area contributed by atoms with Gasteiger partial charge in [0, 0.05) is 0 Å². The fourth-order valence-corrected chi connectivity index (χ4v) is 8.05. The molecule has 0 radical (unpaired) electrons. The summed E-state index contributed by atoms with van der Waals surface area (Å²) in [6.07, 6.45) is 0. The Morgan fingerprint density at radius 2 is 1.82 bits per heavy atom. The standard InChI is InChI=1S/CH6O4P2S4/c2-6(3,8)10-1-11-7(4,5)9/h1H2,(H2,2,3,8)(H2,4,5,9). The molecule has 0 saturated carbocycles. The van der Waals surface area contributed by atoms with Crippen molar-refractivity contribution in [3.63, 3.8) is 0 Å². The van der Waals surface area contributed by atoms with E-state index in [1.807, 2.05) is 0 Å². The van der Waals surface area contributed by atoms with Gasteiger partial charge in [-0.05, 0) is 23.2 Å². The average Bonchev–Trinajstić information content (AvgIpc) is 1.55. The molecule has 0 aromatic carbocycles. The molecule has 0 aliphatic carbocycles. The van der Waals surface area contributed by atoms with Crippen LogP contribution in [0.2, 0.25) is 0 Å². The lowest BCUT2D eigenvalue weighted by Gasteiger charge is -2.06. The molecule has 68 valence electrons. The predicted octanol–water partition coefficient (Wildman–Crippen LogP) is 1.65. The van der Waals surface area contributed by atoms with Gasteiger partial charge < -0.3 is 14.7 Å². The highest BCUT2D eigenvalue weighted by atomic mass is 33.1. The Morgan fingerprint density at radius 1 is 1.36 bits per heavy atom. The lowest BCUT2D eigenvalue weighted by atomic mass is 11.9. The summed E-state index contributed by atoms with van der Waals surface area (Å²) >= 11 is 8.93. The van der Waals surface area contributed by atoms with E-state index in [4.69, 9.17) is 14.7 Å². The van der Waals surface area contributed by atoms with E-state index in [1.54, 1.807) is 0 Å². The predicted molar refractivity (Wildman–Crippen MR) is 57.6 cm³/mol. The monoisotopic (exact) mass is 272 g/mol. The lowest BCUT2D eigenvalue weighted by molar-refractivity contribution is 0.502. The molecule has 0 heterocycles. The Hall–Kier alpha value is 1.81. The SMILES string of the molecule is O=P(O)(S)SCSP(O)(O)=S. The van der Waals surface area contributed by atoms with E-state index >= 15 is 0 Å². The van der Waals surface area contributed by atoms with Gasteiger partial charge in [-0.1, -0.05) is 23.6 Å². The second-order valence-corrected chi connectivity index (χ2v) is 14.0. The summed E-state index contributed by atoms with van der Waals surface area (Å²) in [6, 6.07) is 0. The Bertz CT molecular complexity index is 182. The highest BCUT2D eigenvalue weighted by Crippen LogP contribution is 2.63. The van der Waals surface area contributed by atoms with Crippen molar-refractivity contribution in [3.8, 4) is 0 Å². The Labute approximate surface area is 82.4 Å². The van der Waals surface area contributed by atoms with Gasteiger partial charge in [0.25, 0.3) is 0 Å². The molecule has 1 atom stereocenters. The first-order valence-electron chi connectivity index (χ1n) is 2.11. The molecule has 3 N–H and O–H groups in total. The maximum Gasteiger partial charge on any atom is 0.308 e. The van der Waals surface area contributed by atoms with Crippen molar-refractivity contribution in [2.75, 3.05) is 5.08 Å². The van der Waals surface area contributed by atoms with Gasteiger partial charge in [-0.15, -0.1) is 0 Å². The molecular weight excluding hydrogens is 266 g/mol. The minimum atomic E-state index is -3.41. The first kappa shape index (κ1) is 12.8. The molecule has 4 nitrogen and oxygen atoms in total. The zero-order valence-electron chi connectivity index (χ0n) is 5.02. The Kier molecular flexibility index (Phi) is 5.69. The van der Waals surface area contributed by atoms with Crippen LogP contribution in [-0.4, -0.2) is 19.8 Å². The van der Waals surface area contributed by atoms with Crippen LogP contribution >= 0.6 is 46.5 Å². The van der Waals surface area contributed by atoms with E-state index in [2.05, 4.69) is 24.1 Å². The molecule has 0 saturated heterocycles. The van der Waals surface area contributed by atoms with E-state index in [-0.39, 0.29) is 5.08 Å². The summed E-state index contributed by atoms with van der Waals surface area (Å²) in [5.41, 5.74) is -3.29. The number of hydrogen-bond donors (Lipinski definition) is 4. The molecule has 0 amide bonds. The van der Waals surface area contributed by atoms with E-state index in [9.17, 15) is 4.57 Å². The van der Waals surface area contributed by atoms with Crippen molar-refractivity contribution in [1.82, 2.24) is 0 Å². The molecule has 0 spiro atoms. The highest BCUT2D eigenvalue weighted by molar-refractivity contribution is 8.86. The van der Waals surface area contributed by atoms with E-state index in [1.165, 1.54) is 0 Å². The maximum atomic E-state index is 10.5. The minimum absolute atomic E-state index is 0.0571. The molecule has 0 fully saturated rings. The average molecular weight is 272 g/mol. The quantitative estimate of drug-likeness (QED) is 0.352. The van der Waals surface area contributed by atoms with Crippen LogP contribution in [0.4, 0.5) is 0 Å². The molecule has 0 aliphatic heterocycles. The second kappa shape index (κ2) is 4.88. The van der Waals surface area contributed by atoms with Crippen molar-refractivity contribution in [2.24, 2.45) is 0 Å². The molecule has 0 bridgehead atoms. The van der Waals surface area contributed by atoms with Gasteiger partial charge in [0.15, 0.2) is 0 Å². The highest BCUT2D eigenvalue weighted by Gasteiger charge is 2.15. The van der Waals surface area contributed by atoms with Crippen LogP contribution in [0.25, 0.3) is 0 Å². The summed E-state index contributed by atoms with van der Waals surface area (Å²) < 4.78 is 10.5. The fraction of sp³-hybridized carbons (Fsp3) is 1.00. The largest absolute Gasteiger partial charge is 0.338 e. The lowest BCUT2D eigenvalue weighted by Crippen LogP contribution is -1.71. The van der Waals surface area contributed by atoms with Gasteiger partial charge in [0.05, 0.1) is 5.08 Å². The van der Waals surface area contributed by atoms with Crippen molar-refractivity contribution < 1.29 is 19.2 Å². The van der Waals surface area contributed by atoms with Crippen LogP contribution in [-0.2, 0) is 16.4 Å². The maximum absolute atomic E-state index is 10.5. The molecule has 0 aromatic heterocycles. The van der Waals surface area contributed by atoms with Crippen molar-refractivity contribution in [2.45, 2.75) is 0 Å². The van der Waals surface area contributed by atoms with Gasteiger partial charge in [-0.3, -0.25) is 4.57 Å². The molecule has 0 rings (SSSR count). The Morgan fingerprint density at radius 3 is 2.09 bits per heavy atom. The third kappa shape index (κ3) is 11.8. The molecule has 1 unspecified atom stereocenters. The van der Waals surface area contributed by atoms with Crippen LogP contribution in [0.15, 0.2) is 0 Å². The van der Waals surface area contributed by atoms with Gasteiger partial charge in [0.2, 0.25) is 5.69 Å². The van der Waals surface area contributed by atoms with Crippen LogP contribution in [0, 0.1) is 0 Å². The third-order valence-corrected chi connectivity index (χ3v) is 7.86. The molecule has 0 aromatic rings. The van der Waals surface area contributed by atoms with Gasteiger partial charge in [0.1, 0.15) is 0 Å². The number of thiol groups is 1. The van der Waals surface area contributed by atoms with Gasteiger partial charge >= 0.3 is 5.77 Å². The summed E-state index contributed by atoms with van der Waals surface area (Å²) in [6.45, 7) is 0. The van der Waals surface area contributed by atoms with Crippen molar-refractivity contribution >= 4 is 58.3 Å². The summed E-state index contributed by atoms with van der Waals surface area (Å²) in [5.74, 6) is -3.41. The van der Waals surface area contributed by atoms with Crippen molar-refractivity contribution in [1.29, 1.82) is 0 Å². The third-order valence-electron chi connectivity index (χ3n) is 0.442. The summed E-state index contributed by atoms with van der Waals surface area (Å²) in [7, 11) is 0. The first-order chi connectivity index (χ1) is 4.71. The van der Waals surface area contributed by atoms with Crippen LogP contribution in [0.1, 0.15) is 0 Å². The Balaban J connectivity index is 3.61. The zero-order chi connectivity index (χ0) is 9.12. The van der Waals surface area contributed by atoms with Crippen LogP contribution in [0.3, 0.4) is 0 Å². The van der Waals surface area contributed by atoms with E-state index in [0.29, 0.717) is 22.8 Å². The smallest absolute Gasteiger partial charge is 0.308 e. The molecule has 10 heteroatoms. The normalized spacial score (nSPS) is 17.8. The zero-order valence-corrected chi connectivity index (χ0v) is 10.2. The van der Waals surface area contributed by atoms with Gasteiger partial charge in [-0.25, -0.2) is 0 Å². The van der Waals surface area contributed by atoms with E-state index in [0.717, 1.165) is 0 Å². The van der Waals surface area contributed by atoms with E-state index < -0.39 is 11.5 Å². The number of hydrogen-bond acceptors (Lipinski definition) is 4. The molecule has 11 heavy (non-hydrogen) atoms. The molecule has 0 aliphatic rings. The molecular formula is CH6O4P2S4. The van der Waals surface area contributed by atoms with Gasteiger partial charge in [-0.2, -0.15) is 0 Å². The summed E-state index contributed by atoms with van der Waals surface area (Å²) in [5, 5.41) is 0.0571. The second-order valence-electron chi connectivity index (χ2n) is 1.36. The number of rotatable bonds is 4. The van der Waals surface area contributed by atoms with Crippen LogP contribution < -0.4 is 0 Å². The summed E-state index contributed by atoms with van der Waals surface area (Å²) in [4.78, 5) is 25.9. The topological polar surface area (TPSA) is 77.8 Å². The minimum Gasteiger partial charge on any atom is -0.338 e.